The minimum absolute atomic E-state index is 0.239. The van der Waals surface area contributed by atoms with E-state index in [9.17, 15) is 0 Å². The van der Waals surface area contributed by atoms with Gasteiger partial charge in [-0.3, -0.25) is 0 Å². The first-order chi connectivity index (χ1) is 7.54. The largest absolute Gasteiger partial charge is 0.397 e. The molecule has 0 bridgehead atoms. The molecule has 1 atom stereocenters. The number of hydrogen-bond donors (Lipinski definition) is 1. The van der Waals surface area contributed by atoms with Gasteiger partial charge in [-0.1, -0.05) is 26.2 Å². The van der Waals surface area contributed by atoms with Crippen molar-refractivity contribution in [2.75, 3.05) is 14.2 Å². The molecule has 0 aromatic heterocycles. The lowest BCUT2D eigenvalue weighted by atomic mass is 9.82. The van der Waals surface area contributed by atoms with Crippen molar-refractivity contribution < 1.29 is 8.85 Å². The van der Waals surface area contributed by atoms with Crippen LogP contribution in [-0.2, 0) is 8.85 Å². The molecule has 1 aliphatic rings. The van der Waals surface area contributed by atoms with Crippen molar-refractivity contribution in [3.8, 4) is 0 Å². The lowest BCUT2D eigenvalue weighted by molar-refractivity contribution is 0.158. The second-order valence-electron chi connectivity index (χ2n) is 5.08. The van der Waals surface area contributed by atoms with Crippen molar-refractivity contribution in [2.45, 2.75) is 57.2 Å². The second kappa shape index (κ2) is 5.62. The lowest BCUT2D eigenvalue weighted by Gasteiger charge is -2.47. The van der Waals surface area contributed by atoms with Crippen LogP contribution in [0.2, 0.25) is 6.55 Å². The van der Waals surface area contributed by atoms with Gasteiger partial charge in [0.2, 0.25) is 0 Å². The van der Waals surface area contributed by atoms with E-state index in [0.717, 1.165) is 6.42 Å². The second-order valence-corrected chi connectivity index (χ2v) is 8.72. The normalized spacial score (nSPS) is 23.1. The van der Waals surface area contributed by atoms with Gasteiger partial charge in [0, 0.05) is 14.2 Å². The smallest absolute Gasteiger partial charge is 0.355 e. The molecule has 3 nitrogen and oxygen atoms in total. The zero-order valence-corrected chi connectivity index (χ0v) is 12.2. The van der Waals surface area contributed by atoms with Gasteiger partial charge < -0.3 is 14.6 Å². The minimum atomic E-state index is -2.26. The average molecular weight is 245 g/mol. The number of rotatable bonds is 5. The Morgan fingerprint density at radius 2 is 1.69 bits per heavy atom. The van der Waals surface area contributed by atoms with E-state index in [1.165, 1.54) is 32.1 Å². The van der Waals surface area contributed by atoms with Crippen LogP contribution in [0.3, 0.4) is 0 Å². The summed E-state index contributed by atoms with van der Waals surface area (Å²) in [5.74, 6) is 0.572. The first-order valence-electron chi connectivity index (χ1n) is 6.43. The monoisotopic (exact) mass is 245 g/mol. The van der Waals surface area contributed by atoms with Crippen molar-refractivity contribution in [1.82, 2.24) is 0 Å². The molecule has 0 radical (unpaired) electrons. The molecule has 2 N–H and O–H groups in total. The zero-order valence-electron chi connectivity index (χ0n) is 11.2. The molecule has 1 saturated carbocycles. The summed E-state index contributed by atoms with van der Waals surface area (Å²) in [7, 11) is 1.23. The van der Waals surface area contributed by atoms with Crippen molar-refractivity contribution in [1.29, 1.82) is 0 Å². The highest BCUT2D eigenvalue weighted by molar-refractivity contribution is 6.69. The van der Waals surface area contributed by atoms with E-state index in [2.05, 4.69) is 13.5 Å². The van der Waals surface area contributed by atoms with Crippen LogP contribution in [0.25, 0.3) is 0 Å². The van der Waals surface area contributed by atoms with E-state index in [-0.39, 0.29) is 5.16 Å². The Morgan fingerprint density at radius 1 is 1.19 bits per heavy atom. The molecule has 0 saturated heterocycles. The van der Waals surface area contributed by atoms with Crippen molar-refractivity contribution in [2.24, 2.45) is 11.7 Å². The predicted octanol–water partition coefficient (Wildman–Crippen LogP) is 2.58. The fourth-order valence-electron chi connectivity index (χ4n) is 3.06. The molecule has 16 heavy (non-hydrogen) atoms. The summed E-state index contributed by atoms with van der Waals surface area (Å²) in [4.78, 5) is 0. The van der Waals surface area contributed by atoms with E-state index in [0.29, 0.717) is 5.92 Å². The van der Waals surface area contributed by atoms with E-state index in [1.807, 2.05) is 0 Å². The summed E-state index contributed by atoms with van der Waals surface area (Å²) >= 11 is 0. The molecule has 4 heteroatoms. The maximum absolute atomic E-state index is 6.68. The zero-order chi connectivity index (χ0) is 12.2. The summed E-state index contributed by atoms with van der Waals surface area (Å²) < 4.78 is 11.4. The van der Waals surface area contributed by atoms with Crippen LogP contribution < -0.4 is 5.73 Å². The highest BCUT2D eigenvalue weighted by Crippen LogP contribution is 2.39. The topological polar surface area (TPSA) is 44.5 Å². The van der Waals surface area contributed by atoms with Gasteiger partial charge in [-0.05, 0) is 31.7 Å². The van der Waals surface area contributed by atoms with Gasteiger partial charge in [0.05, 0.1) is 5.16 Å². The molecule has 0 aromatic carbocycles. The summed E-state index contributed by atoms with van der Waals surface area (Å²) in [5, 5.41) is -0.239. The summed E-state index contributed by atoms with van der Waals surface area (Å²) in [6.45, 7) is 4.27. The van der Waals surface area contributed by atoms with Crippen LogP contribution in [0, 0.1) is 5.92 Å². The van der Waals surface area contributed by atoms with E-state index >= 15 is 0 Å². The minimum Gasteiger partial charge on any atom is -0.397 e. The van der Waals surface area contributed by atoms with E-state index in [1.54, 1.807) is 14.2 Å². The molecule has 0 aliphatic heterocycles. The van der Waals surface area contributed by atoms with Gasteiger partial charge >= 0.3 is 8.56 Å². The standard InChI is InChI=1S/C12H27NO2Si/c1-5-12(13,16(4,14-2)15-3)11-9-7-6-8-10-11/h11H,5-10,13H2,1-4H3. The average Bonchev–Trinajstić information content (AvgIpc) is 2.37. The first-order valence-corrected chi connectivity index (χ1v) is 8.75. The van der Waals surface area contributed by atoms with Crippen LogP contribution in [0.1, 0.15) is 45.4 Å². The number of nitrogens with two attached hydrogens (primary N) is 1. The van der Waals surface area contributed by atoms with Gasteiger partial charge in [0.15, 0.2) is 0 Å². The maximum Gasteiger partial charge on any atom is 0.355 e. The van der Waals surface area contributed by atoms with Crippen LogP contribution >= 0.6 is 0 Å². The van der Waals surface area contributed by atoms with E-state index < -0.39 is 8.56 Å². The summed E-state index contributed by atoms with van der Waals surface area (Å²) in [6, 6.07) is 0. The molecule has 1 unspecified atom stereocenters. The van der Waals surface area contributed by atoms with Gasteiger partial charge in [-0.2, -0.15) is 0 Å². The molecule has 96 valence electrons. The molecular weight excluding hydrogens is 218 g/mol. The summed E-state index contributed by atoms with van der Waals surface area (Å²) in [5.41, 5.74) is 6.68. The Labute approximate surface area is 101 Å². The fourth-order valence-corrected chi connectivity index (χ4v) is 5.66. The quantitative estimate of drug-likeness (QED) is 0.757. The van der Waals surface area contributed by atoms with Crippen LogP contribution in [0.15, 0.2) is 0 Å². The fraction of sp³-hybridized carbons (Fsp3) is 1.00. The Morgan fingerprint density at radius 3 is 2.06 bits per heavy atom. The lowest BCUT2D eigenvalue weighted by Crippen LogP contribution is -2.69. The third-order valence-corrected chi connectivity index (χ3v) is 8.55. The third kappa shape index (κ3) is 2.35. The first kappa shape index (κ1) is 14.2. The Kier molecular flexibility index (Phi) is 4.98. The SMILES string of the molecule is CCC(N)(C1CCCCC1)[Si](C)(OC)OC. The van der Waals surface area contributed by atoms with E-state index in [4.69, 9.17) is 14.6 Å². The number of hydrogen-bond acceptors (Lipinski definition) is 3. The molecular formula is C12H27NO2Si. The molecule has 0 spiro atoms. The molecule has 1 fully saturated rings. The highest BCUT2D eigenvalue weighted by Gasteiger charge is 2.53. The van der Waals surface area contributed by atoms with Gasteiger partial charge in [0.1, 0.15) is 0 Å². The maximum atomic E-state index is 6.68. The molecule has 1 aliphatic carbocycles. The van der Waals surface area contributed by atoms with Crippen LogP contribution in [-0.4, -0.2) is 27.9 Å². The van der Waals surface area contributed by atoms with Gasteiger partial charge in [-0.15, -0.1) is 0 Å². The Hall–Kier alpha value is 0.0969. The summed E-state index contributed by atoms with van der Waals surface area (Å²) in [6.07, 6.45) is 7.39. The molecule has 1 rings (SSSR count). The molecule has 0 amide bonds. The Balaban J connectivity index is 2.89. The van der Waals surface area contributed by atoms with Crippen molar-refractivity contribution in [3.63, 3.8) is 0 Å². The molecule has 0 heterocycles. The van der Waals surface area contributed by atoms with Gasteiger partial charge in [-0.25, -0.2) is 0 Å². The van der Waals surface area contributed by atoms with Crippen molar-refractivity contribution in [3.05, 3.63) is 0 Å². The van der Waals surface area contributed by atoms with Crippen molar-refractivity contribution >= 4 is 8.56 Å². The Bertz CT molecular complexity index is 215. The highest BCUT2D eigenvalue weighted by atomic mass is 28.4. The molecule has 0 aromatic rings. The van der Waals surface area contributed by atoms with Gasteiger partial charge in [0.25, 0.3) is 0 Å². The predicted molar refractivity (Wildman–Crippen MR) is 69.4 cm³/mol. The van der Waals surface area contributed by atoms with Crippen LogP contribution in [0.5, 0.6) is 0 Å². The third-order valence-electron chi connectivity index (χ3n) is 4.54. The van der Waals surface area contributed by atoms with Crippen LogP contribution in [0.4, 0.5) is 0 Å².